The number of aromatic nitrogens is 1. The first-order valence-corrected chi connectivity index (χ1v) is 11.9. The highest BCUT2D eigenvalue weighted by Crippen LogP contribution is 2.25. The van der Waals surface area contributed by atoms with E-state index in [1.54, 1.807) is 25.6 Å². The molecule has 1 aliphatic heterocycles. The summed E-state index contributed by atoms with van der Waals surface area (Å²) in [5, 5.41) is 3.74. The van der Waals surface area contributed by atoms with Crippen LogP contribution in [-0.2, 0) is 16.6 Å². The van der Waals surface area contributed by atoms with Gasteiger partial charge >= 0.3 is 0 Å². The van der Waals surface area contributed by atoms with E-state index >= 15 is 0 Å². The van der Waals surface area contributed by atoms with Gasteiger partial charge in [-0.25, -0.2) is 13.1 Å². The third kappa shape index (κ3) is 4.93. The number of nitrogens with one attached hydrogen (secondary N) is 1. The molecule has 27 heavy (non-hydrogen) atoms. The van der Waals surface area contributed by atoms with E-state index in [1.807, 2.05) is 0 Å². The molecule has 0 unspecified atom stereocenters. The van der Waals surface area contributed by atoms with Crippen LogP contribution in [0.25, 0.3) is 0 Å². The van der Waals surface area contributed by atoms with Crippen LogP contribution in [0.5, 0.6) is 0 Å². The molecule has 8 heteroatoms. The summed E-state index contributed by atoms with van der Waals surface area (Å²) in [6.07, 6.45) is 4.09. The standard InChI is InChI=1S/C19H27N3O3S2/c1-14-19(15(2)25-21-14)27(23,24)20-12-16-8-10-22(11-9-16)13-17-6-4-5-7-18(17)26-3/h4-7,16,20H,8-13H2,1-3H3. The molecule has 6 nitrogen and oxygen atoms in total. The summed E-state index contributed by atoms with van der Waals surface area (Å²) in [5.41, 5.74) is 1.77. The Balaban J connectivity index is 1.51. The van der Waals surface area contributed by atoms with Crippen LogP contribution in [0.1, 0.15) is 29.9 Å². The maximum atomic E-state index is 12.5. The molecule has 0 atom stereocenters. The molecular formula is C19H27N3O3S2. The molecule has 0 saturated carbocycles. The van der Waals surface area contributed by atoms with Gasteiger partial charge in [0, 0.05) is 18.0 Å². The zero-order valence-corrected chi connectivity index (χ0v) is 17.7. The summed E-state index contributed by atoms with van der Waals surface area (Å²) in [7, 11) is -3.57. The molecule has 0 amide bonds. The number of sulfonamides is 1. The normalized spacial score (nSPS) is 16.7. The number of aryl methyl sites for hydroxylation is 2. The van der Waals surface area contributed by atoms with Crippen molar-refractivity contribution >= 4 is 21.8 Å². The van der Waals surface area contributed by atoms with Crippen molar-refractivity contribution in [2.45, 2.75) is 43.0 Å². The topological polar surface area (TPSA) is 75.4 Å². The fraction of sp³-hybridized carbons (Fsp3) is 0.526. The molecule has 1 fully saturated rings. The Morgan fingerprint density at radius 2 is 1.96 bits per heavy atom. The van der Waals surface area contributed by atoms with E-state index in [0.29, 0.717) is 23.9 Å². The van der Waals surface area contributed by atoms with Gasteiger partial charge in [-0.2, -0.15) is 0 Å². The number of rotatable bonds is 7. The molecule has 1 aliphatic rings. The first-order valence-electron chi connectivity index (χ1n) is 9.17. The Hall–Kier alpha value is -1.35. The minimum absolute atomic E-state index is 0.175. The van der Waals surface area contributed by atoms with E-state index in [-0.39, 0.29) is 4.90 Å². The van der Waals surface area contributed by atoms with Crippen LogP contribution >= 0.6 is 11.8 Å². The second kappa shape index (κ2) is 8.77. The van der Waals surface area contributed by atoms with Crippen LogP contribution < -0.4 is 4.72 Å². The predicted molar refractivity (Wildman–Crippen MR) is 107 cm³/mol. The molecule has 0 spiro atoms. The Kier molecular flexibility index (Phi) is 6.62. The van der Waals surface area contributed by atoms with E-state index in [1.165, 1.54) is 10.5 Å². The zero-order chi connectivity index (χ0) is 19.4. The molecule has 2 aromatic rings. The fourth-order valence-electron chi connectivity index (χ4n) is 3.58. The Morgan fingerprint density at radius 1 is 1.26 bits per heavy atom. The van der Waals surface area contributed by atoms with Crippen molar-refractivity contribution in [1.29, 1.82) is 0 Å². The lowest BCUT2D eigenvalue weighted by atomic mass is 9.97. The van der Waals surface area contributed by atoms with Gasteiger partial charge in [0.25, 0.3) is 0 Å². The molecule has 2 heterocycles. The average molecular weight is 410 g/mol. The smallest absolute Gasteiger partial charge is 0.245 e. The first kappa shape index (κ1) is 20.4. The number of nitrogens with zero attached hydrogens (tertiary/aromatic N) is 2. The molecular weight excluding hydrogens is 382 g/mol. The van der Waals surface area contributed by atoms with E-state index in [9.17, 15) is 8.42 Å². The molecule has 0 bridgehead atoms. The van der Waals surface area contributed by atoms with E-state index < -0.39 is 10.0 Å². The summed E-state index contributed by atoms with van der Waals surface area (Å²) in [4.78, 5) is 3.95. The Labute approximate surface area is 165 Å². The minimum atomic E-state index is -3.57. The van der Waals surface area contributed by atoms with E-state index in [0.717, 1.165) is 32.5 Å². The summed E-state index contributed by atoms with van der Waals surface area (Å²) >= 11 is 1.78. The highest BCUT2D eigenvalue weighted by molar-refractivity contribution is 7.98. The van der Waals surface area contributed by atoms with Crippen molar-refractivity contribution in [2.75, 3.05) is 25.9 Å². The number of benzene rings is 1. The van der Waals surface area contributed by atoms with Crippen LogP contribution in [-0.4, -0.2) is 44.4 Å². The molecule has 1 aromatic heterocycles. The molecule has 148 valence electrons. The maximum Gasteiger partial charge on any atom is 0.245 e. The summed E-state index contributed by atoms with van der Waals surface area (Å²) in [6, 6.07) is 8.52. The molecule has 0 aliphatic carbocycles. The molecule has 1 aromatic carbocycles. The zero-order valence-electron chi connectivity index (χ0n) is 16.1. The highest BCUT2D eigenvalue weighted by atomic mass is 32.2. The molecule has 3 rings (SSSR count). The largest absolute Gasteiger partial charge is 0.360 e. The first-order chi connectivity index (χ1) is 12.9. The number of hydrogen-bond donors (Lipinski definition) is 1. The van der Waals surface area contributed by atoms with Gasteiger partial charge in [-0.05, 0) is 63.6 Å². The second-order valence-corrected chi connectivity index (χ2v) is 9.59. The van der Waals surface area contributed by atoms with Gasteiger partial charge in [-0.3, -0.25) is 4.90 Å². The minimum Gasteiger partial charge on any atom is -0.360 e. The van der Waals surface area contributed by atoms with Gasteiger partial charge in [0.1, 0.15) is 10.6 Å². The van der Waals surface area contributed by atoms with Crippen LogP contribution in [0, 0.1) is 19.8 Å². The van der Waals surface area contributed by atoms with Crippen LogP contribution in [0.3, 0.4) is 0 Å². The number of hydrogen-bond acceptors (Lipinski definition) is 6. The van der Waals surface area contributed by atoms with Gasteiger partial charge in [0.2, 0.25) is 10.0 Å². The van der Waals surface area contributed by atoms with Gasteiger partial charge in [-0.15, -0.1) is 11.8 Å². The number of thioether (sulfide) groups is 1. The number of likely N-dealkylation sites (tertiary alicyclic amines) is 1. The average Bonchev–Trinajstić information content (AvgIpc) is 3.01. The van der Waals surface area contributed by atoms with Crippen molar-refractivity contribution in [2.24, 2.45) is 5.92 Å². The Morgan fingerprint density at radius 3 is 2.59 bits per heavy atom. The fourth-order valence-corrected chi connectivity index (χ4v) is 5.63. The van der Waals surface area contributed by atoms with E-state index in [2.05, 4.69) is 45.3 Å². The lowest BCUT2D eigenvalue weighted by Gasteiger charge is -2.32. The maximum absolute atomic E-state index is 12.5. The third-order valence-electron chi connectivity index (χ3n) is 5.09. The lowest BCUT2D eigenvalue weighted by Crippen LogP contribution is -2.38. The van der Waals surface area contributed by atoms with Crippen LogP contribution in [0.15, 0.2) is 38.6 Å². The van der Waals surface area contributed by atoms with Gasteiger partial charge in [-0.1, -0.05) is 23.4 Å². The van der Waals surface area contributed by atoms with Gasteiger partial charge in [0.05, 0.1) is 0 Å². The summed E-state index contributed by atoms with van der Waals surface area (Å²) in [5.74, 6) is 0.689. The van der Waals surface area contributed by atoms with E-state index in [4.69, 9.17) is 4.52 Å². The van der Waals surface area contributed by atoms with Crippen molar-refractivity contribution in [3.8, 4) is 0 Å². The lowest BCUT2D eigenvalue weighted by molar-refractivity contribution is 0.177. The third-order valence-corrected chi connectivity index (χ3v) is 7.60. The van der Waals surface area contributed by atoms with Crippen molar-refractivity contribution in [1.82, 2.24) is 14.8 Å². The van der Waals surface area contributed by atoms with Crippen molar-refractivity contribution < 1.29 is 12.9 Å². The van der Waals surface area contributed by atoms with Crippen molar-refractivity contribution in [3.63, 3.8) is 0 Å². The molecule has 1 saturated heterocycles. The quantitative estimate of drug-likeness (QED) is 0.708. The molecule has 0 radical (unpaired) electrons. The second-order valence-electron chi connectivity index (χ2n) is 7.04. The SMILES string of the molecule is CSc1ccccc1CN1CCC(CNS(=O)(=O)c2c(C)noc2C)CC1. The molecule has 1 N–H and O–H groups in total. The monoisotopic (exact) mass is 409 g/mol. The number of piperidine rings is 1. The highest BCUT2D eigenvalue weighted by Gasteiger charge is 2.26. The van der Waals surface area contributed by atoms with Crippen LogP contribution in [0.4, 0.5) is 0 Å². The van der Waals surface area contributed by atoms with Gasteiger partial charge < -0.3 is 4.52 Å². The van der Waals surface area contributed by atoms with Crippen LogP contribution in [0.2, 0.25) is 0 Å². The Bertz CT molecular complexity index is 853. The summed E-state index contributed by atoms with van der Waals surface area (Å²) in [6.45, 7) is 6.66. The van der Waals surface area contributed by atoms with Crippen molar-refractivity contribution in [3.05, 3.63) is 41.3 Å². The predicted octanol–water partition coefficient (Wildman–Crippen LogP) is 3.20. The van der Waals surface area contributed by atoms with Gasteiger partial charge in [0.15, 0.2) is 5.76 Å². The summed E-state index contributed by atoms with van der Waals surface area (Å²) < 4.78 is 32.8.